The lowest BCUT2D eigenvalue weighted by atomic mass is 10.00. The lowest BCUT2D eigenvalue weighted by molar-refractivity contribution is 0.0677. The van der Waals surface area contributed by atoms with E-state index in [9.17, 15) is 13.5 Å². The van der Waals surface area contributed by atoms with Crippen LogP contribution in [0.1, 0.15) is 19.4 Å². The van der Waals surface area contributed by atoms with Crippen LogP contribution in [0.15, 0.2) is 21.8 Å². The maximum Gasteiger partial charge on any atom is 0.191 e. The first-order chi connectivity index (χ1) is 11.8. The van der Waals surface area contributed by atoms with E-state index in [2.05, 4.69) is 20.5 Å². The summed E-state index contributed by atoms with van der Waals surface area (Å²) < 4.78 is 22.9. The number of hydrogen-bond donors (Lipinski definition) is 3. The summed E-state index contributed by atoms with van der Waals surface area (Å²) in [6.07, 6.45) is 0. The van der Waals surface area contributed by atoms with E-state index >= 15 is 0 Å². The van der Waals surface area contributed by atoms with Crippen LogP contribution in [0.3, 0.4) is 0 Å². The number of nitrogens with zero attached hydrogens (tertiary/aromatic N) is 2. The van der Waals surface area contributed by atoms with E-state index in [1.54, 1.807) is 18.3 Å². The Hall–Kier alpha value is -1.16. The summed E-state index contributed by atoms with van der Waals surface area (Å²) in [6.45, 7) is 7.36. The zero-order chi connectivity index (χ0) is 18.3. The van der Waals surface area contributed by atoms with Crippen LogP contribution in [-0.4, -0.2) is 75.2 Å². The summed E-state index contributed by atoms with van der Waals surface area (Å²) in [5.74, 6) is 1.14. The van der Waals surface area contributed by atoms with Crippen molar-refractivity contribution in [2.75, 3.05) is 50.8 Å². The summed E-state index contributed by atoms with van der Waals surface area (Å²) in [6, 6.07) is 1.91. The largest absolute Gasteiger partial charge is 0.383 e. The Kier molecular flexibility index (Phi) is 7.24. The minimum atomic E-state index is -2.84. The zero-order valence-electron chi connectivity index (χ0n) is 14.9. The predicted octanol–water partition coefficient (Wildman–Crippen LogP) is 0.241. The highest BCUT2D eigenvalue weighted by molar-refractivity contribution is 7.91. The van der Waals surface area contributed by atoms with Gasteiger partial charge in [0.25, 0.3) is 0 Å². The van der Waals surface area contributed by atoms with Crippen molar-refractivity contribution in [1.29, 1.82) is 0 Å². The number of sulfone groups is 1. The van der Waals surface area contributed by atoms with Gasteiger partial charge < -0.3 is 15.7 Å². The van der Waals surface area contributed by atoms with E-state index in [0.717, 1.165) is 18.7 Å². The third kappa shape index (κ3) is 6.58. The quantitative estimate of drug-likeness (QED) is 0.458. The van der Waals surface area contributed by atoms with E-state index in [1.807, 2.05) is 23.8 Å². The molecule has 1 unspecified atom stereocenters. The monoisotopic (exact) mass is 388 g/mol. The van der Waals surface area contributed by atoms with Gasteiger partial charge in [0.2, 0.25) is 0 Å². The molecule has 1 atom stereocenters. The van der Waals surface area contributed by atoms with Crippen LogP contribution >= 0.6 is 11.3 Å². The van der Waals surface area contributed by atoms with Gasteiger partial charge in [-0.05, 0) is 36.2 Å². The van der Waals surface area contributed by atoms with Crippen molar-refractivity contribution in [2.45, 2.75) is 19.4 Å². The first-order valence-electron chi connectivity index (χ1n) is 8.52. The molecule has 0 saturated carbocycles. The molecule has 1 aromatic heterocycles. The van der Waals surface area contributed by atoms with Crippen molar-refractivity contribution in [1.82, 2.24) is 15.5 Å². The predicted molar refractivity (Wildman–Crippen MR) is 103 cm³/mol. The Labute approximate surface area is 154 Å². The lowest BCUT2D eigenvalue weighted by Crippen LogP contribution is -2.46. The SMILES string of the molecule is CCNC(=NCC(C)(O)c1ccsc1)NCCN1CCS(=O)(=O)CC1. The van der Waals surface area contributed by atoms with Gasteiger partial charge in [-0.2, -0.15) is 11.3 Å². The van der Waals surface area contributed by atoms with Gasteiger partial charge in [0.15, 0.2) is 15.8 Å². The van der Waals surface area contributed by atoms with Gasteiger partial charge in [0.05, 0.1) is 18.1 Å². The van der Waals surface area contributed by atoms with Crippen LogP contribution in [-0.2, 0) is 15.4 Å². The number of nitrogens with one attached hydrogen (secondary N) is 2. The minimum Gasteiger partial charge on any atom is -0.383 e. The topological polar surface area (TPSA) is 94.0 Å². The average Bonchev–Trinajstić information content (AvgIpc) is 3.09. The first kappa shape index (κ1) is 20.2. The van der Waals surface area contributed by atoms with Crippen molar-refractivity contribution in [3.05, 3.63) is 22.4 Å². The molecule has 9 heteroatoms. The molecule has 0 amide bonds. The molecule has 0 bridgehead atoms. The maximum absolute atomic E-state index is 11.4. The van der Waals surface area contributed by atoms with Gasteiger partial charge in [0, 0.05) is 32.7 Å². The molecule has 2 heterocycles. The minimum absolute atomic E-state index is 0.241. The Balaban J connectivity index is 1.82. The second-order valence-corrected chi connectivity index (χ2v) is 9.48. The summed E-state index contributed by atoms with van der Waals surface area (Å²) >= 11 is 1.55. The molecule has 0 spiro atoms. The number of aliphatic imine (C=N–C) groups is 1. The Bertz CT molecular complexity index is 643. The molecule has 1 fully saturated rings. The van der Waals surface area contributed by atoms with Gasteiger partial charge in [-0.25, -0.2) is 13.4 Å². The maximum atomic E-state index is 11.4. The number of aliphatic hydroxyl groups is 1. The Morgan fingerprint density at radius 1 is 1.40 bits per heavy atom. The molecule has 1 aromatic rings. The molecule has 1 aliphatic heterocycles. The normalized spacial score (nSPS) is 20.8. The second-order valence-electron chi connectivity index (χ2n) is 6.40. The standard InChI is InChI=1S/C16H28N4O3S2/c1-3-17-15(19-13-16(2,21)14-4-9-24-12-14)18-5-6-20-7-10-25(22,23)11-8-20/h4,9,12,21H,3,5-8,10-11,13H2,1-2H3,(H2,17,18,19). The number of rotatable bonds is 7. The van der Waals surface area contributed by atoms with Gasteiger partial charge in [-0.1, -0.05) is 0 Å². The lowest BCUT2D eigenvalue weighted by Gasteiger charge is -2.27. The van der Waals surface area contributed by atoms with E-state index in [-0.39, 0.29) is 18.1 Å². The average molecular weight is 389 g/mol. The van der Waals surface area contributed by atoms with E-state index in [4.69, 9.17) is 0 Å². The summed E-state index contributed by atoms with van der Waals surface area (Å²) in [4.78, 5) is 6.62. The molecule has 0 aliphatic carbocycles. The third-order valence-electron chi connectivity index (χ3n) is 4.19. The summed E-state index contributed by atoms with van der Waals surface area (Å²) in [5.41, 5.74) is -0.129. The number of guanidine groups is 1. The van der Waals surface area contributed by atoms with Crippen LogP contribution in [0.25, 0.3) is 0 Å². The molecule has 2 rings (SSSR count). The molecule has 142 valence electrons. The molecular formula is C16H28N4O3S2. The Morgan fingerprint density at radius 2 is 2.12 bits per heavy atom. The van der Waals surface area contributed by atoms with Crippen molar-refractivity contribution in [3.63, 3.8) is 0 Å². The molecule has 3 N–H and O–H groups in total. The molecular weight excluding hydrogens is 360 g/mol. The highest BCUT2D eigenvalue weighted by Crippen LogP contribution is 2.23. The van der Waals surface area contributed by atoms with Crippen molar-refractivity contribution in [2.24, 2.45) is 4.99 Å². The van der Waals surface area contributed by atoms with Gasteiger partial charge in [-0.15, -0.1) is 0 Å². The number of hydrogen-bond acceptors (Lipinski definition) is 6. The van der Waals surface area contributed by atoms with Crippen molar-refractivity contribution in [3.8, 4) is 0 Å². The van der Waals surface area contributed by atoms with Crippen LogP contribution < -0.4 is 10.6 Å². The van der Waals surface area contributed by atoms with Crippen LogP contribution in [0.5, 0.6) is 0 Å². The fourth-order valence-corrected chi connectivity index (χ4v) is 4.60. The molecule has 7 nitrogen and oxygen atoms in total. The third-order valence-corrected chi connectivity index (χ3v) is 6.48. The Morgan fingerprint density at radius 3 is 2.72 bits per heavy atom. The fraction of sp³-hybridized carbons (Fsp3) is 0.688. The summed E-state index contributed by atoms with van der Waals surface area (Å²) in [5, 5.41) is 20.8. The highest BCUT2D eigenvalue weighted by Gasteiger charge is 2.23. The molecule has 0 radical (unpaired) electrons. The molecule has 1 saturated heterocycles. The van der Waals surface area contributed by atoms with E-state index < -0.39 is 15.4 Å². The van der Waals surface area contributed by atoms with Crippen molar-refractivity contribution >= 4 is 27.1 Å². The smallest absolute Gasteiger partial charge is 0.191 e. The molecule has 0 aromatic carbocycles. The van der Waals surface area contributed by atoms with Gasteiger partial charge in [-0.3, -0.25) is 4.90 Å². The van der Waals surface area contributed by atoms with Gasteiger partial charge in [0.1, 0.15) is 5.60 Å². The van der Waals surface area contributed by atoms with Crippen LogP contribution in [0.2, 0.25) is 0 Å². The molecule has 25 heavy (non-hydrogen) atoms. The van der Waals surface area contributed by atoms with Gasteiger partial charge >= 0.3 is 0 Å². The van der Waals surface area contributed by atoms with Crippen LogP contribution in [0.4, 0.5) is 0 Å². The zero-order valence-corrected chi connectivity index (χ0v) is 16.5. The summed E-state index contributed by atoms with van der Waals surface area (Å²) in [7, 11) is -2.84. The first-order valence-corrected chi connectivity index (χ1v) is 11.3. The van der Waals surface area contributed by atoms with E-state index in [0.29, 0.717) is 25.6 Å². The molecule has 1 aliphatic rings. The highest BCUT2D eigenvalue weighted by atomic mass is 32.2. The van der Waals surface area contributed by atoms with Crippen molar-refractivity contribution < 1.29 is 13.5 Å². The fourth-order valence-electron chi connectivity index (χ4n) is 2.54. The number of thiophene rings is 1. The van der Waals surface area contributed by atoms with E-state index in [1.165, 1.54) is 0 Å². The second kappa shape index (κ2) is 8.98. The van der Waals surface area contributed by atoms with Crippen LogP contribution in [0, 0.1) is 0 Å².